The Kier molecular flexibility index (Phi) is 6.96. The minimum Gasteiger partial charge on any atom is -0.395 e. The van der Waals surface area contributed by atoms with Crippen LogP contribution in [0, 0.1) is 0 Å². The zero-order valence-corrected chi connectivity index (χ0v) is 10.5. The topological polar surface area (TPSA) is 41.9 Å². The van der Waals surface area contributed by atoms with E-state index in [4.69, 9.17) is 14.6 Å². The van der Waals surface area contributed by atoms with Crippen molar-refractivity contribution in [1.82, 2.24) is 4.90 Å². The van der Waals surface area contributed by atoms with Gasteiger partial charge in [-0.25, -0.2) is 0 Å². The molecule has 0 saturated carbocycles. The predicted molar refractivity (Wildman–Crippen MR) is 63.3 cm³/mol. The summed E-state index contributed by atoms with van der Waals surface area (Å²) in [6.45, 7) is 7.56. The first-order valence-corrected chi connectivity index (χ1v) is 6.32. The van der Waals surface area contributed by atoms with Crippen molar-refractivity contribution >= 4 is 0 Å². The highest BCUT2D eigenvalue weighted by atomic mass is 16.7. The number of nitrogens with zero attached hydrogens (tertiary/aromatic N) is 1. The monoisotopic (exact) mass is 231 g/mol. The van der Waals surface area contributed by atoms with Gasteiger partial charge in [-0.15, -0.1) is 0 Å². The predicted octanol–water partition coefficient (Wildman–Crippen LogP) is 1.23. The molecule has 0 aromatic rings. The first-order chi connectivity index (χ1) is 7.74. The Labute approximate surface area is 98.5 Å². The molecule has 0 radical (unpaired) electrons. The lowest BCUT2D eigenvalue weighted by molar-refractivity contribution is -0.164. The molecule has 1 atom stereocenters. The van der Waals surface area contributed by atoms with Gasteiger partial charge in [0, 0.05) is 25.7 Å². The summed E-state index contributed by atoms with van der Waals surface area (Å²) in [5.41, 5.74) is 0. The third kappa shape index (κ3) is 5.25. The SMILES string of the molecule is CC(C)N(CCO)CCOC1CCCCO1. The van der Waals surface area contributed by atoms with Crippen LogP contribution in [0.25, 0.3) is 0 Å². The molecule has 1 N–H and O–H groups in total. The first kappa shape index (κ1) is 13.9. The molecular formula is C12H25NO3. The summed E-state index contributed by atoms with van der Waals surface area (Å²) in [5, 5.41) is 8.93. The smallest absolute Gasteiger partial charge is 0.157 e. The van der Waals surface area contributed by atoms with Gasteiger partial charge in [-0.1, -0.05) is 0 Å². The Hall–Kier alpha value is -0.160. The van der Waals surface area contributed by atoms with Crippen LogP contribution < -0.4 is 0 Å². The molecule has 0 aromatic carbocycles. The van der Waals surface area contributed by atoms with Crippen LogP contribution in [-0.4, -0.2) is 55.2 Å². The van der Waals surface area contributed by atoms with Gasteiger partial charge in [0.1, 0.15) is 0 Å². The number of hydrogen-bond donors (Lipinski definition) is 1. The minimum atomic E-state index is -0.00288. The van der Waals surface area contributed by atoms with E-state index in [0.29, 0.717) is 19.2 Å². The number of hydrogen-bond acceptors (Lipinski definition) is 4. The van der Waals surface area contributed by atoms with Gasteiger partial charge in [0.25, 0.3) is 0 Å². The van der Waals surface area contributed by atoms with Crippen LogP contribution in [0.4, 0.5) is 0 Å². The third-order valence-electron chi connectivity index (χ3n) is 2.94. The molecule has 1 heterocycles. The second-order valence-electron chi connectivity index (χ2n) is 4.52. The van der Waals surface area contributed by atoms with Crippen LogP contribution in [0.2, 0.25) is 0 Å². The van der Waals surface area contributed by atoms with Gasteiger partial charge < -0.3 is 14.6 Å². The summed E-state index contributed by atoms with van der Waals surface area (Å²) < 4.78 is 11.2. The van der Waals surface area contributed by atoms with E-state index in [1.807, 2.05) is 0 Å². The van der Waals surface area contributed by atoms with Crippen molar-refractivity contribution in [2.45, 2.75) is 45.4 Å². The van der Waals surface area contributed by atoms with Gasteiger partial charge in [0.2, 0.25) is 0 Å². The summed E-state index contributed by atoms with van der Waals surface area (Å²) in [5.74, 6) is 0. The van der Waals surface area contributed by atoms with Crippen molar-refractivity contribution in [1.29, 1.82) is 0 Å². The molecule has 1 fully saturated rings. The number of ether oxygens (including phenoxy) is 2. The van der Waals surface area contributed by atoms with Crippen LogP contribution in [0.1, 0.15) is 33.1 Å². The lowest BCUT2D eigenvalue weighted by Crippen LogP contribution is -2.37. The maximum absolute atomic E-state index is 8.93. The highest BCUT2D eigenvalue weighted by Gasteiger charge is 2.15. The van der Waals surface area contributed by atoms with Gasteiger partial charge in [-0.05, 0) is 33.1 Å². The fourth-order valence-electron chi connectivity index (χ4n) is 1.90. The molecule has 1 unspecified atom stereocenters. The van der Waals surface area contributed by atoms with E-state index < -0.39 is 0 Å². The Morgan fingerprint density at radius 1 is 1.38 bits per heavy atom. The maximum Gasteiger partial charge on any atom is 0.157 e. The lowest BCUT2D eigenvalue weighted by atomic mass is 10.2. The molecular weight excluding hydrogens is 206 g/mol. The minimum absolute atomic E-state index is 0.00288. The summed E-state index contributed by atoms with van der Waals surface area (Å²) in [7, 11) is 0. The van der Waals surface area contributed by atoms with Crippen molar-refractivity contribution in [2.75, 3.05) is 32.9 Å². The molecule has 1 aliphatic rings. The van der Waals surface area contributed by atoms with E-state index in [1.165, 1.54) is 6.42 Å². The molecule has 1 aliphatic heterocycles. The quantitative estimate of drug-likeness (QED) is 0.715. The Balaban J connectivity index is 2.11. The molecule has 0 aromatic heterocycles. The highest BCUT2D eigenvalue weighted by Crippen LogP contribution is 2.13. The van der Waals surface area contributed by atoms with Crippen LogP contribution in [-0.2, 0) is 9.47 Å². The molecule has 0 amide bonds. The second kappa shape index (κ2) is 8.01. The van der Waals surface area contributed by atoms with E-state index in [2.05, 4.69) is 18.7 Å². The van der Waals surface area contributed by atoms with Crippen molar-refractivity contribution in [2.24, 2.45) is 0 Å². The van der Waals surface area contributed by atoms with Gasteiger partial charge in [0.05, 0.1) is 13.2 Å². The summed E-state index contributed by atoms with van der Waals surface area (Å²) in [4.78, 5) is 2.21. The Bertz CT molecular complexity index is 170. The van der Waals surface area contributed by atoms with E-state index in [1.54, 1.807) is 0 Å². The zero-order valence-electron chi connectivity index (χ0n) is 10.5. The van der Waals surface area contributed by atoms with Crippen molar-refractivity contribution < 1.29 is 14.6 Å². The van der Waals surface area contributed by atoms with Crippen LogP contribution >= 0.6 is 0 Å². The number of rotatable bonds is 7. The standard InChI is InChI=1S/C12H25NO3/c1-11(2)13(6-8-14)7-10-16-12-5-3-4-9-15-12/h11-12,14H,3-10H2,1-2H3. The molecule has 0 bridgehead atoms. The van der Waals surface area contributed by atoms with Crippen LogP contribution in [0.3, 0.4) is 0 Å². The summed E-state index contributed by atoms with van der Waals surface area (Å²) in [6.07, 6.45) is 3.37. The molecule has 4 heteroatoms. The Morgan fingerprint density at radius 3 is 2.75 bits per heavy atom. The number of aliphatic hydroxyl groups excluding tert-OH is 1. The average molecular weight is 231 g/mol. The van der Waals surface area contributed by atoms with Gasteiger partial charge in [-0.2, -0.15) is 0 Å². The van der Waals surface area contributed by atoms with Gasteiger partial charge in [0.15, 0.2) is 6.29 Å². The van der Waals surface area contributed by atoms with Crippen molar-refractivity contribution in [3.8, 4) is 0 Å². The van der Waals surface area contributed by atoms with Gasteiger partial charge >= 0.3 is 0 Å². The normalized spacial score (nSPS) is 21.9. The summed E-state index contributed by atoms with van der Waals surface area (Å²) >= 11 is 0. The lowest BCUT2D eigenvalue weighted by Gasteiger charge is -2.27. The van der Waals surface area contributed by atoms with Crippen LogP contribution in [0.5, 0.6) is 0 Å². The van der Waals surface area contributed by atoms with Gasteiger partial charge in [-0.3, -0.25) is 4.90 Å². The van der Waals surface area contributed by atoms with E-state index in [9.17, 15) is 0 Å². The highest BCUT2D eigenvalue weighted by molar-refractivity contribution is 4.62. The molecule has 16 heavy (non-hydrogen) atoms. The van der Waals surface area contributed by atoms with Crippen molar-refractivity contribution in [3.05, 3.63) is 0 Å². The third-order valence-corrected chi connectivity index (χ3v) is 2.94. The van der Waals surface area contributed by atoms with E-state index >= 15 is 0 Å². The largest absolute Gasteiger partial charge is 0.395 e. The molecule has 0 aliphatic carbocycles. The van der Waals surface area contributed by atoms with Crippen molar-refractivity contribution in [3.63, 3.8) is 0 Å². The first-order valence-electron chi connectivity index (χ1n) is 6.32. The molecule has 4 nitrogen and oxygen atoms in total. The molecule has 1 saturated heterocycles. The van der Waals surface area contributed by atoms with Crippen LogP contribution in [0.15, 0.2) is 0 Å². The fourth-order valence-corrected chi connectivity index (χ4v) is 1.90. The molecule has 1 rings (SSSR count). The Morgan fingerprint density at radius 2 is 2.19 bits per heavy atom. The van der Waals surface area contributed by atoms with E-state index in [-0.39, 0.29) is 12.9 Å². The summed E-state index contributed by atoms with van der Waals surface area (Å²) in [6, 6.07) is 0.447. The maximum atomic E-state index is 8.93. The molecule has 0 spiro atoms. The number of aliphatic hydroxyl groups is 1. The fraction of sp³-hybridized carbons (Fsp3) is 1.00. The average Bonchev–Trinajstić information content (AvgIpc) is 2.29. The van der Waals surface area contributed by atoms with E-state index in [0.717, 1.165) is 26.0 Å². The second-order valence-corrected chi connectivity index (χ2v) is 4.52. The molecule has 96 valence electrons. The zero-order chi connectivity index (χ0) is 11.8.